The van der Waals surface area contributed by atoms with Crippen molar-refractivity contribution in [3.05, 3.63) is 0 Å². The number of Topliss-reactive ketones (excluding diaryl/α,β-unsaturated/α-hetero) is 1. The van der Waals surface area contributed by atoms with Crippen LogP contribution in [0, 0.1) is 40.4 Å². The van der Waals surface area contributed by atoms with Gasteiger partial charge in [0.2, 0.25) is 0 Å². The first-order valence-electron chi connectivity index (χ1n) is 13.1. The predicted molar refractivity (Wildman–Crippen MR) is 119 cm³/mol. The second-order valence-electron chi connectivity index (χ2n) is 12.9. The zero-order valence-corrected chi connectivity index (χ0v) is 19.7. The number of hydrogen-bond donors (Lipinski definition) is 0. The van der Waals surface area contributed by atoms with E-state index in [9.17, 15) is 4.79 Å². The minimum Gasteiger partial charge on any atom is -0.324 e. The molecule has 2 nitrogen and oxygen atoms in total. The average Bonchev–Trinajstić information content (AvgIpc) is 3.05. The van der Waals surface area contributed by atoms with Gasteiger partial charge in [-0.05, 0) is 112 Å². The van der Waals surface area contributed by atoms with Gasteiger partial charge in [-0.3, -0.25) is 4.79 Å². The smallest absolute Gasteiger partial charge is 0.133 e. The molecule has 1 saturated heterocycles. The maximum Gasteiger partial charge on any atom is 0.133 e. The van der Waals surface area contributed by atoms with Crippen molar-refractivity contribution in [3.8, 4) is 0 Å². The molecular weight excluding hydrogens is 354 g/mol. The molecular formula is C27H46NO+. The lowest BCUT2D eigenvalue weighted by Gasteiger charge is -2.62. The van der Waals surface area contributed by atoms with Crippen molar-refractivity contribution < 1.29 is 9.28 Å². The van der Waals surface area contributed by atoms with Gasteiger partial charge in [0.15, 0.2) is 0 Å². The molecule has 5 aliphatic rings. The van der Waals surface area contributed by atoms with Gasteiger partial charge in [-0.1, -0.05) is 13.8 Å². The van der Waals surface area contributed by atoms with Gasteiger partial charge in [0.1, 0.15) is 5.78 Å². The molecule has 0 bridgehead atoms. The number of rotatable bonds is 2. The number of fused-ring (bicyclic) bond motifs is 5. The summed E-state index contributed by atoms with van der Waals surface area (Å²) >= 11 is 0. The summed E-state index contributed by atoms with van der Waals surface area (Å²) in [5, 5.41) is 0. The molecule has 8 atom stereocenters. The van der Waals surface area contributed by atoms with E-state index >= 15 is 0 Å². The SMILES string of the molecule is CC(=O)[C@H]1CC[C@H]2[C@@H]3CC[C@@H]4C[C@@H]([N+]5(C)CCCCC5)CC[C@]4(C)[C@H]3CC[C@]12C. The second-order valence-corrected chi connectivity index (χ2v) is 12.9. The van der Waals surface area contributed by atoms with Crippen molar-refractivity contribution in [2.75, 3.05) is 20.1 Å². The Morgan fingerprint density at radius 1 is 0.828 bits per heavy atom. The van der Waals surface area contributed by atoms with Gasteiger partial charge in [-0.15, -0.1) is 0 Å². The lowest BCUT2D eigenvalue weighted by Crippen LogP contribution is -2.60. The highest BCUT2D eigenvalue weighted by atomic mass is 16.1. The van der Waals surface area contributed by atoms with Gasteiger partial charge < -0.3 is 4.48 Å². The molecule has 5 rings (SSSR count). The van der Waals surface area contributed by atoms with Crippen molar-refractivity contribution in [1.82, 2.24) is 0 Å². The van der Waals surface area contributed by atoms with Gasteiger partial charge in [-0.25, -0.2) is 0 Å². The monoisotopic (exact) mass is 400 g/mol. The number of hydrogen-bond acceptors (Lipinski definition) is 1. The minimum atomic E-state index is 0.319. The molecule has 0 amide bonds. The van der Waals surface area contributed by atoms with Crippen molar-refractivity contribution in [3.63, 3.8) is 0 Å². The van der Waals surface area contributed by atoms with Crippen LogP contribution in [-0.2, 0) is 4.79 Å². The van der Waals surface area contributed by atoms with E-state index in [1.54, 1.807) is 0 Å². The van der Waals surface area contributed by atoms with Crippen molar-refractivity contribution in [1.29, 1.82) is 0 Å². The van der Waals surface area contributed by atoms with E-state index < -0.39 is 0 Å². The number of carbonyl (C=O) groups excluding carboxylic acids is 1. The number of piperidine rings is 1. The highest BCUT2D eigenvalue weighted by Gasteiger charge is 2.61. The van der Waals surface area contributed by atoms with E-state index in [1.165, 1.54) is 94.6 Å². The third-order valence-corrected chi connectivity index (χ3v) is 11.8. The summed E-state index contributed by atoms with van der Waals surface area (Å²) in [6.45, 7) is 9.95. The largest absolute Gasteiger partial charge is 0.324 e. The summed E-state index contributed by atoms with van der Waals surface area (Å²) in [7, 11) is 2.59. The molecule has 0 aromatic rings. The standard InChI is InChI=1S/C27H46NO/c1-19(29)23-10-11-24-22-9-8-20-18-21(28(4)16-6-5-7-17-28)12-14-26(20,2)25(22)13-15-27(23,24)3/h20-25H,5-18H2,1-4H3/q+1/t20-,21+,22+,23-,24+,25+,26+,27-/m1/s1. The van der Waals surface area contributed by atoms with Crippen LogP contribution in [0.15, 0.2) is 0 Å². The van der Waals surface area contributed by atoms with Gasteiger partial charge in [0.05, 0.1) is 26.2 Å². The Labute approximate surface area is 179 Å². The highest BCUT2D eigenvalue weighted by Crippen LogP contribution is 2.67. The third kappa shape index (κ3) is 3.01. The fourth-order valence-corrected chi connectivity index (χ4v) is 10.1. The molecule has 1 aliphatic heterocycles. The van der Waals surface area contributed by atoms with Crippen LogP contribution in [0.3, 0.4) is 0 Å². The van der Waals surface area contributed by atoms with Crippen LogP contribution >= 0.6 is 0 Å². The van der Waals surface area contributed by atoms with Crippen LogP contribution in [0.1, 0.15) is 97.8 Å². The van der Waals surface area contributed by atoms with Gasteiger partial charge in [0, 0.05) is 12.3 Å². The zero-order chi connectivity index (χ0) is 20.4. The van der Waals surface area contributed by atoms with E-state index in [-0.39, 0.29) is 0 Å². The number of nitrogens with zero attached hydrogens (tertiary/aromatic N) is 1. The van der Waals surface area contributed by atoms with E-state index in [2.05, 4.69) is 20.9 Å². The Morgan fingerprint density at radius 2 is 1.52 bits per heavy atom. The van der Waals surface area contributed by atoms with Crippen LogP contribution in [0.5, 0.6) is 0 Å². The molecule has 4 aliphatic carbocycles. The summed E-state index contributed by atoms with van der Waals surface area (Å²) in [6, 6.07) is 0.937. The molecule has 29 heavy (non-hydrogen) atoms. The second kappa shape index (κ2) is 7.07. The average molecular weight is 401 g/mol. The quantitative estimate of drug-likeness (QED) is 0.502. The Morgan fingerprint density at radius 3 is 2.24 bits per heavy atom. The molecule has 0 aromatic heterocycles. The van der Waals surface area contributed by atoms with E-state index in [1.807, 2.05) is 6.92 Å². The Kier molecular flexibility index (Phi) is 5.01. The maximum absolute atomic E-state index is 12.4. The maximum atomic E-state index is 12.4. The fraction of sp³-hybridized carbons (Fsp3) is 0.963. The van der Waals surface area contributed by atoms with Crippen LogP contribution in [0.2, 0.25) is 0 Å². The summed E-state index contributed by atoms with van der Waals surface area (Å²) < 4.78 is 1.39. The fourth-order valence-electron chi connectivity index (χ4n) is 10.1. The highest BCUT2D eigenvalue weighted by molar-refractivity contribution is 5.79. The molecule has 2 heteroatoms. The van der Waals surface area contributed by atoms with Crippen LogP contribution in [-0.4, -0.2) is 36.4 Å². The predicted octanol–water partition coefficient (Wildman–Crippen LogP) is 6.23. The number of carbonyl (C=O) groups is 1. The molecule has 4 saturated carbocycles. The minimum absolute atomic E-state index is 0.319. The first kappa shape index (κ1) is 20.5. The molecule has 0 N–H and O–H groups in total. The molecule has 1 heterocycles. The van der Waals surface area contributed by atoms with E-state index in [4.69, 9.17) is 0 Å². The summed E-state index contributed by atoms with van der Waals surface area (Å²) in [6.07, 6.45) is 17.0. The third-order valence-electron chi connectivity index (χ3n) is 11.8. The number of quaternary nitrogens is 1. The van der Waals surface area contributed by atoms with Crippen LogP contribution in [0.25, 0.3) is 0 Å². The Hall–Kier alpha value is -0.370. The molecule has 0 spiro atoms. The molecule has 164 valence electrons. The van der Waals surface area contributed by atoms with Gasteiger partial charge in [0.25, 0.3) is 0 Å². The van der Waals surface area contributed by atoms with Gasteiger partial charge in [-0.2, -0.15) is 0 Å². The summed E-state index contributed by atoms with van der Waals surface area (Å²) in [4.78, 5) is 12.4. The number of likely N-dealkylation sites (tertiary alicyclic amines) is 1. The van der Waals surface area contributed by atoms with Crippen molar-refractivity contribution in [2.45, 2.75) is 104 Å². The lowest BCUT2D eigenvalue weighted by molar-refractivity contribution is -0.939. The Balaban J connectivity index is 1.34. The molecule has 0 unspecified atom stereocenters. The molecule has 0 radical (unpaired) electrons. The van der Waals surface area contributed by atoms with Gasteiger partial charge >= 0.3 is 0 Å². The summed E-state index contributed by atoms with van der Waals surface area (Å²) in [5.74, 6) is 4.49. The first-order valence-corrected chi connectivity index (χ1v) is 13.1. The normalized spacial score (nSPS) is 51.6. The van der Waals surface area contributed by atoms with Crippen LogP contribution in [0.4, 0.5) is 0 Å². The lowest BCUT2D eigenvalue weighted by atomic mass is 9.44. The van der Waals surface area contributed by atoms with Crippen molar-refractivity contribution in [2.24, 2.45) is 40.4 Å². The molecule has 5 fully saturated rings. The first-order chi connectivity index (χ1) is 13.8. The summed E-state index contributed by atoms with van der Waals surface area (Å²) in [5.41, 5.74) is 0.907. The topological polar surface area (TPSA) is 17.1 Å². The van der Waals surface area contributed by atoms with Crippen molar-refractivity contribution >= 4 is 5.78 Å². The van der Waals surface area contributed by atoms with Crippen LogP contribution < -0.4 is 0 Å². The molecule has 0 aromatic carbocycles. The number of ketones is 1. The van der Waals surface area contributed by atoms with E-state index in [0.29, 0.717) is 22.5 Å². The Bertz CT molecular complexity index is 651. The zero-order valence-electron chi connectivity index (χ0n) is 19.7. The van der Waals surface area contributed by atoms with E-state index in [0.717, 1.165) is 29.7 Å².